The molecule has 3 heterocycles. The standard InChI is InChI=1S/C43H29N3O2/c1-3-12-26(13-4-1)41-44-42(27-14-5-2-6-15-27)46-43(45-41)34-22-11-23-36-38(34)33-21-10-19-31(40(33)47-36)30-18-9-20-32-35-24-28-16-7-8-17-29(28)25-37(35)48-39(30)32/h1-25,41,43,45H,(H,44,46). The molecule has 0 spiro atoms. The molecule has 0 saturated carbocycles. The molecule has 5 nitrogen and oxygen atoms in total. The van der Waals surface area contributed by atoms with Crippen molar-refractivity contribution in [3.05, 3.63) is 168 Å². The highest BCUT2D eigenvalue weighted by atomic mass is 16.3. The average Bonchev–Trinajstić information content (AvgIpc) is 3.72. The van der Waals surface area contributed by atoms with E-state index in [0.717, 1.165) is 82.9 Å². The van der Waals surface area contributed by atoms with E-state index in [9.17, 15) is 0 Å². The number of para-hydroxylation sites is 2. The van der Waals surface area contributed by atoms with E-state index in [1.807, 2.05) is 24.3 Å². The molecule has 0 saturated heterocycles. The van der Waals surface area contributed by atoms with Gasteiger partial charge in [-0.25, -0.2) is 4.99 Å². The summed E-state index contributed by atoms with van der Waals surface area (Å²) in [6.07, 6.45) is -0.442. The van der Waals surface area contributed by atoms with E-state index in [4.69, 9.17) is 13.8 Å². The Morgan fingerprint density at radius 3 is 1.96 bits per heavy atom. The molecule has 0 amide bonds. The SMILES string of the molecule is c1ccc(C2=NC(c3ccccc3)NC(c3cccc4oc5c(-c6cccc7c6oc6cc8ccccc8cc67)cccc5c34)N2)cc1. The minimum Gasteiger partial charge on any atom is -0.455 e. The quantitative estimate of drug-likeness (QED) is 0.206. The zero-order chi connectivity index (χ0) is 31.6. The van der Waals surface area contributed by atoms with Crippen LogP contribution in [0.3, 0.4) is 0 Å². The Bertz CT molecular complexity index is 2690. The summed E-state index contributed by atoms with van der Waals surface area (Å²) in [5, 5.41) is 14.2. The number of nitrogens with one attached hydrogen (secondary N) is 2. The van der Waals surface area contributed by atoms with Crippen molar-refractivity contribution in [3.63, 3.8) is 0 Å². The van der Waals surface area contributed by atoms with Gasteiger partial charge in [-0.05, 0) is 34.5 Å². The summed E-state index contributed by atoms with van der Waals surface area (Å²) in [5.41, 5.74) is 8.68. The minimum absolute atomic E-state index is 0.219. The van der Waals surface area contributed by atoms with Crippen LogP contribution in [0.5, 0.6) is 0 Å². The third kappa shape index (κ3) is 4.25. The van der Waals surface area contributed by atoms with E-state index < -0.39 is 0 Å². The smallest absolute Gasteiger partial charge is 0.143 e. The summed E-state index contributed by atoms with van der Waals surface area (Å²) in [4.78, 5) is 5.11. The number of aliphatic imine (C=N–C) groups is 1. The molecule has 1 aliphatic heterocycles. The fourth-order valence-electron chi connectivity index (χ4n) is 7.29. The highest BCUT2D eigenvalue weighted by molar-refractivity contribution is 6.17. The van der Waals surface area contributed by atoms with E-state index in [-0.39, 0.29) is 12.3 Å². The number of amidine groups is 1. The van der Waals surface area contributed by atoms with E-state index >= 15 is 0 Å². The summed E-state index contributed by atoms with van der Waals surface area (Å²) in [6, 6.07) is 52.6. The third-order valence-electron chi connectivity index (χ3n) is 9.55. The third-order valence-corrected chi connectivity index (χ3v) is 9.55. The highest BCUT2D eigenvalue weighted by Gasteiger charge is 2.28. The van der Waals surface area contributed by atoms with Crippen LogP contribution in [0.2, 0.25) is 0 Å². The number of nitrogens with zero attached hydrogens (tertiary/aromatic N) is 1. The normalized spacial score (nSPS) is 16.5. The molecule has 1 aliphatic rings. The fourth-order valence-corrected chi connectivity index (χ4v) is 7.29. The lowest BCUT2D eigenvalue weighted by molar-refractivity contribution is 0.411. The van der Waals surface area contributed by atoms with E-state index in [1.165, 1.54) is 5.39 Å². The lowest BCUT2D eigenvalue weighted by Gasteiger charge is -2.32. The molecule has 0 radical (unpaired) electrons. The van der Waals surface area contributed by atoms with Crippen molar-refractivity contribution in [1.29, 1.82) is 0 Å². The van der Waals surface area contributed by atoms with Gasteiger partial charge in [0.2, 0.25) is 0 Å². The summed E-state index contributed by atoms with van der Waals surface area (Å²) >= 11 is 0. The Balaban J connectivity index is 1.14. The lowest BCUT2D eigenvalue weighted by atomic mass is 9.97. The molecule has 9 aromatic rings. The molecule has 0 bridgehead atoms. The van der Waals surface area contributed by atoms with Gasteiger partial charge < -0.3 is 14.2 Å². The van der Waals surface area contributed by atoms with E-state index in [1.54, 1.807) is 0 Å². The molecular formula is C43H29N3O2. The van der Waals surface area contributed by atoms with Gasteiger partial charge in [0.25, 0.3) is 0 Å². The van der Waals surface area contributed by atoms with Crippen LogP contribution >= 0.6 is 0 Å². The Hall–Kier alpha value is -6.17. The molecule has 2 unspecified atom stereocenters. The van der Waals surface area contributed by atoms with Crippen LogP contribution in [0, 0.1) is 0 Å². The van der Waals surface area contributed by atoms with Crippen LogP contribution in [0.1, 0.15) is 29.0 Å². The Morgan fingerprint density at radius 2 is 1.17 bits per heavy atom. The molecule has 2 N–H and O–H groups in total. The van der Waals surface area contributed by atoms with Crippen LogP contribution in [0.25, 0.3) is 65.8 Å². The molecule has 2 aromatic heterocycles. The van der Waals surface area contributed by atoms with Gasteiger partial charge >= 0.3 is 0 Å². The predicted octanol–water partition coefficient (Wildman–Crippen LogP) is 10.6. The molecular weight excluding hydrogens is 590 g/mol. The van der Waals surface area contributed by atoms with Crippen molar-refractivity contribution < 1.29 is 8.83 Å². The van der Waals surface area contributed by atoms with Crippen molar-refractivity contribution in [3.8, 4) is 11.1 Å². The maximum Gasteiger partial charge on any atom is 0.143 e. The second-order valence-corrected chi connectivity index (χ2v) is 12.4. The van der Waals surface area contributed by atoms with Gasteiger partial charge in [-0.1, -0.05) is 133 Å². The molecule has 0 aliphatic carbocycles. The molecule has 2 atom stereocenters. The second kappa shape index (κ2) is 10.7. The maximum absolute atomic E-state index is 6.75. The molecule has 228 valence electrons. The zero-order valence-corrected chi connectivity index (χ0v) is 25.9. The van der Waals surface area contributed by atoms with E-state index in [0.29, 0.717) is 0 Å². The summed E-state index contributed by atoms with van der Waals surface area (Å²) in [6.45, 7) is 0. The molecule has 48 heavy (non-hydrogen) atoms. The van der Waals surface area contributed by atoms with Crippen LogP contribution in [-0.4, -0.2) is 5.84 Å². The van der Waals surface area contributed by atoms with Crippen LogP contribution < -0.4 is 10.6 Å². The molecule has 0 fully saturated rings. The van der Waals surface area contributed by atoms with Crippen LogP contribution in [0.4, 0.5) is 0 Å². The van der Waals surface area contributed by atoms with Crippen molar-refractivity contribution >= 4 is 60.5 Å². The van der Waals surface area contributed by atoms with Gasteiger partial charge in [-0.15, -0.1) is 0 Å². The van der Waals surface area contributed by atoms with Crippen molar-refractivity contribution in [1.82, 2.24) is 10.6 Å². The number of rotatable bonds is 4. The number of hydrogen-bond donors (Lipinski definition) is 2. The van der Waals surface area contributed by atoms with Crippen molar-refractivity contribution in [2.75, 3.05) is 0 Å². The monoisotopic (exact) mass is 619 g/mol. The van der Waals surface area contributed by atoms with Gasteiger partial charge in [-0.2, -0.15) is 0 Å². The zero-order valence-electron chi connectivity index (χ0n) is 25.9. The Kier molecular flexibility index (Phi) is 6.01. The van der Waals surface area contributed by atoms with Crippen LogP contribution in [-0.2, 0) is 0 Å². The number of fused-ring (bicyclic) bond motifs is 7. The first-order valence-electron chi connectivity index (χ1n) is 16.3. The first-order valence-corrected chi connectivity index (χ1v) is 16.3. The van der Waals surface area contributed by atoms with Gasteiger partial charge in [0.05, 0.1) is 0 Å². The summed E-state index contributed by atoms with van der Waals surface area (Å²) in [7, 11) is 0. The largest absolute Gasteiger partial charge is 0.455 e. The number of hydrogen-bond acceptors (Lipinski definition) is 5. The van der Waals surface area contributed by atoms with Crippen molar-refractivity contribution in [2.45, 2.75) is 12.3 Å². The van der Waals surface area contributed by atoms with Gasteiger partial charge in [-0.3, -0.25) is 5.32 Å². The second-order valence-electron chi connectivity index (χ2n) is 12.4. The Labute approximate surface area is 276 Å². The first-order chi connectivity index (χ1) is 23.8. The van der Waals surface area contributed by atoms with Gasteiger partial charge in [0.1, 0.15) is 40.5 Å². The van der Waals surface area contributed by atoms with E-state index in [2.05, 4.69) is 138 Å². The van der Waals surface area contributed by atoms with Gasteiger partial charge in [0.15, 0.2) is 0 Å². The molecule has 5 heteroatoms. The lowest BCUT2D eigenvalue weighted by Crippen LogP contribution is -2.45. The predicted molar refractivity (Wildman–Crippen MR) is 195 cm³/mol. The average molecular weight is 620 g/mol. The van der Waals surface area contributed by atoms with Crippen LogP contribution in [0.15, 0.2) is 165 Å². The minimum atomic E-state index is -0.223. The molecule has 10 rings (SSSR count). The summed E-state index contributed by atoms with van der Waals surface area (Å²) in [5.74, 6) is 0.850. The fraction of sp³-hybridized carbons (Fsp3) is 0.0465. The first kappa shape index (κ1) is 27.0. The van der Waals surface area contributed by atoms with Gasteiger partial charge in [0, 0.05) is 43.8 Å². The summed E-state index contributed by atoms with van der Waals surface area (Å²) < 4.78 is 13.4. The highest BCUT2D eigenvalue weighted by Crippen LogP contribution is 2.43. The Morgan fingerprint density at radius 1 is 0.521 bits per heavy atom. The van der Waals surface area contributed by atoms with Crippen molar-refractivity contribution in [2.24, 2.45) is 4.99 Å². The maximum atomic E-state index is 6.75. The number of benzene rings is 7. The molecule has 7 aromatic carbocycles. The topological polar surface area (TPSA) is 62.7 Å². The number of furan rings is 2.